The highest BCUT2D eigenvalue weighted by molar-refractivity contribution is 5.63. The molecule has 0 atom stereocenters. The normalized spacial score (nSPS) is 11.4. The van der Waals surface area contributed by atoms with Gasteiger partial charge in [-0.05, 0) is 62.4 Å². The van der Waals surface area contributed by atoms with Crippen LogP contribution >= 0.6 is 0 Å². The molecule has 3 rings (SSSR count). The summed E-state index contributed by atoms with van der Waals surface area (Å²) in [5, 5.41) is 36.8. The van der Waals surface area contributed by atoms with Crippen molar-refractivity contribution in [2.75, 3.05) is 23.7 Å². The van der Waals surface area contributed by atoms with E-state index in [1.54, 1.807) is 48.5 Å². The third-order valence-corrected chi connectivity index (χ3v) is 4.46. The van der Waals surface area contributed by atoms with Crippen molar-refractivity contribution >= 4 is 34.1 Å². The predicted molar refractivity (Wildman–Crippen MR) is 119 cm³/mol. The average Bonchev–Trinajstić information content (AvgIpc) is 2.74. The molecule has 0 aliphatic heterocycles. The lowest BCUT2D eigenvalue weighted by atomic mass is 10.2. The fourth-order valence-corrected chi connectivity index (χ4v) is 2.85. The van der Waals surface area contributed by atoms with E-state index >= 15 is 0 Å². The van der Waals surface area contributed by atoms with Crippen LogP contribution in [0.5, 0.6) is 11.5 Å². The number of benzene rings is 3. The summed E-state index contributed by atoms with van der Waals surface area (Å²) in [5.74, 6) is -0.0407. The van der Waals surface area contributed by atoms with Crippen LogP contribution in [0.1, 0.15) is 13.8 Å². The van der Waals surface area contributed by atoms with Crippen LogP contribution in [0.15, 0.2) is 81.1 Å². The Labute approximate surface area is 175 Å². The Morgan fingerprint density at radius 3 is 2.10 bits per heavy atom. The molecule has 0 aromatic heterocycles. The first-order valence-corrected chi connectivity index (χ1v) is 9.60. The van der Waals surface area contributed by atoms with Crippen LogP contribution in [0.2, 0.25) is 0 Å². The van der Waals surface area contributed by atoms with Crippen LogP contribution in [0.25, 0.3) is 0 Å². The van der Waals surface area contributed by atoms with Gasteiger partial charge in [-0.1, -0.05) is 6.07 Å². The molecule has 0 fully saturated rings. The van der Waals surface area contributed by atoms with Crippen molar-refractivity contribution in [2.24, 2.45) is 20.5 Å². The van der Waals surface area contributed by atoms with E-state index in [1.807, 2.05) is 19.9 Å². The van der Waals surface area contributed by atoms with Crippen molar-refractivity contribution < 1.29 is 10.2 Å². The Bertz CT molecular complexity index is 1080. The van der Waals surface area contributed by atoms with E-state index in [0.717, 1.165) is 18.8 Å². The number of nitrogens with two attached hydrogens (primary N) is 1. The first kappa shape index (κ1) is 20.8. The van der Waals surface area contributed by atoms with E-state index in [2.05, 4.69) is 25.4 Å². The second-order valence-corrected chi connectivity index (χ2v) is 6.51. The fraction of sp³-hybridized carbons (Fsp3) is 0.182. The van der Waals surface area contributed by atoms with Gasteiger partial charge in [0.15, 0.2) is 0 Å². The number of rotatable bonds is 7. The molecule has 0 spiro atoms. The molecule has 3 aromatic carbocycles. The van der Waals surface area contributed by atoms with Crippen molar-refractivity contribution in [2.45, 2.75) is 13.8 Å². The van der Waals surface area contributed by atoms with E-state index < -0.39 is 0 Å². The summed E-state index contributed by atoms with van der Waals surface area (Å²) < 4.78 is 0. The molecule has 0 unspecified atom stereocenters. The van der Waals surface area contributed by atoms with Crippen molar-refractivity contribution in [1.29, 1.82) is 0 Å². The maximum absolute atomic E-state index is 10.3. The third-order valence-electron chi connectivity index (χ3n) is 4.46. The molecule has 0 heterocycles. The van der Waals surface area contributed by atoms with E-state index in [9.17, 15) is 10.2 Å². The Balaban J connectivity index is 1.81. The predicted octanol–water partition coefficient (Wildman–Crippen LogP) is 6.36. The Kier molecular flexibility index (Phi) is 6.59. The molecule has 0 aliphatic rings. The van der Waals surface area contributed by atoms with E-state index in [1.165, 1.54) is 6.07 Å². The van der Waals surface area contributed by atoms with Crippen molar-refractivity contribution in [3.05, 3.63) is 60.7 Å². The summed E-state index contributed by atoms with van der Waals surface area (Å²) in [5.41, 5.74) is 8.86. The van der Waals surface area contributed by atoms with Gasteiger partial charge >= 0.3 is 0 Å². The van der Waals surface area contributed by atoms with Crippen molar-refractivity contribution in [3.8, 4) is 11.5 Å². The summed E-state index contributed by atoms with van der Waals surface area (Å²) in [4.78, 5) is 2.11. The Morgan fingerprint density at radius 2 is 1.43 bits per heavy atom. The maximum atomic E-state index is 10.3. The van der Waals surface area contributed by atoms with Crippen LogP contribution in [0.4, 0.5) is 34.1 Å². The number of phenols is 2. The van der Waals surface area contributed by atoms with E-state index in [4.69, 9.17) is 5.73 Å². The lowest BCUT2D eigenvalue weighted by Gasteiger charge is -2.21. The van der Waals surface area contributed by atoms with Gasteiger partial charge in [0.25, 0.3) is 0 Å². The van der Waals surface area contributed by atoms with Crippen LogP contribution < -0.4 is 10.6 Å². The van der Waals surface area contributed by atoms with Crippen molar-refractivity contribution in [3.63, 3.8) is 0 Å². The highest BCUT2D eigenvalue weighted by atomic mass is 16.3. The third kappa shape index (κ3) is 5.11. The van der Waals surface area contributed by atoms with Crippen LogP contribution in [-0.4, -0.2) is 23.3 Å². The van der Waals surface area contributed by atoms with Gasteiger partial charge in [-0.25, -0.2) is 0 Å². The Morgan fingerprint density at radius 1 is 0.733 bits per heavy atom. The van der Waals surface area contributed by atoms with Gasteiger partial charge in [0.1, 0.15) is 22.9 Å². The SMILES string of the molecule is CCN(CC)c1ccc(N=Nc2cc(N=Nc3cccc(N)c3)ccc2O)c(O)c1. The largest absolute Gasteiger partial charge is 0.506 e. The molecular formula is C22H24N6O2. The quantitative estimate of drug-likeness (QED) is 0.313. The summed E-state index contributed by atoms with van der Waals surface area (Å²) in [6.45, 7) is 5.77. The molecule has 154 valence electrons. The number of hydrogen-bond donors (Lipinski definition) is 3. The van der Waals surface area contributed by atoms with E-state index in [0.29, 0.717) is 22.7 Å². The summed E-state index contributed by atoms with van der Waals surface area (Å²) in [7, 11) is 0. The summed E-state index contributed by atoms with van der Waals surface area (Å²) in [6.07, 6.45) is 0. The second-order valence-electron chi connectivity index (χ2n) is 6.51. The molecule has 0 saturated carbocycles. The molecule has 4 N–H and O–H groups in total. The Hall–Kier alpha value is -3.94. The number of aromatic hydroxyl groups is 2. The van der Waals surface area contributed by atoms with E-state index in [-0.39, 0.29) is 17.2 Å². The molecule has 0 radical (unpaired) electrons. The number of hydrogen-bond acceptors (Lipinski definition) is 8. The smallest absolute Gasteiger partial charge is 0.145 e. The first-order valence-electron chi connectivity index (χ1n) is 9.60. The molecule has 8 nitrogen and oxygen atoms in total. The molecular weight excluding hydrogens is 380 g/mol. The zero-order valence-corrected chi connectivity index (χ0v) is 16.9. The summed E-state index contributed by atoms with van der Waals surface area (Å²) >= 11 is 0. The highest BCUT2D eigenvalue weighted by Crippen LogP contribution is 2.36. The average molecular weight is 404 g/mol. The zero-order valence-electron chi connectivity index (χ0n) is 16.9. The van der Waals surface area contributed by atoms with Gasteiger partial charge < -0.3 is 20.8 Å². The summed E-state index contributed by atoms with van der Waals surface area (Å²) in [6, 6.07) is 16.9. The van der Waals surface area contributed by atoms with Crippen molar-refractivity contribution in [1.82, 2.24) is 0 Å². The lowest BCUT2D eigenvalue weighted by molar-refractivity contribution is 0.474. The minimum absolute atomic E-state index is 0.0140. The molecule has 0 aliphatic carbocycles. The maximum Gasteiger partial charge on any atom is 0.145 e. The van der Waals surface area contributed by atoms with Gasteiger partial charge in [-0.3, -0.25) is 0 Å². The molecule has 3 aromatic rings. The minimum Gasteiger partial charge on any atom is -0.506 e. The van der Waals surface area contributed by atoms with Gasteiger partial charge in [0.05, 0.1) is 11.4 Å². The number of nitrogen functional groups attached to an aromatic ring is 1. The number of phenolic OH excluding ortho intramolecular Hbond substituents is 2. The van der Waals surface area contributed by atoms with Crippen LogP contribution in [0.3, 0.4) is 0 Å². The van der Waals surface area contributed by atoms with Gasteiger partial charge in [0.2, 0.25) is 0 Å². The number of anilines is 2. The molecule has 0 saturated heterocycles. The minimum atomic E-state index is -0.0547. The number of nitrogens with zero attached hydrogens (tertiary/aromatic N) is 5. The molecule has 0 bridgehead atoms. The second kappa shape index (κ2) is 9.51. The standard InChI is InChI=1S/C22H24N6O2/c1-3-28(4-2)18-9-10-19(22(30)14-18)26-27-20-13-17(8-11-21(20)29)25-24-16-7-5-6-15(23)12-16/h5-14,29-30H,3-4,23H2,1-2H3. The molecule has 30 heavy (non-hydrogen) atoms. The van der Waals surface area contributed by atoms with Gasteiger partial charge in [0, 0.05) is 30.5 Å². The van der Waals surface area contributed by atoms with Crippen LogP contribution in [-0.2, 0) is 0 Å². The number of azo groups is 2. The molecule has 0 amide bonds. The monoisotopic (exact) mass is 404 g/mol. The van der Waals surface area contributed by atoms with Gasteiger partial charge in [-0.2, -0.15) is 10.2 Å². The zero-order chi connectivity index (χ0) is 21.5. The highest BCUT2D eigenvalue weighted by Gasteiger charge is 2.07. The van der Waals surface area contributed by atoms with Gasteiger partial charge in [-0.15, -0.1) is 10.2 Å². The topological polar surface area (TPSA) is 119 Å². The molecule has 8 heteroatoms. The van der Waals surface area contributed by atoms with Crippen LogP contribution in [0, 0.1) is 0 Å². The first-order chi connectivity index (χ1) is 14.5. The lowest BCUT2D eigenvalue weighted by Crippen LogP contribution is -2.21. The fourth-order valence-electron chi connectivity index (χ4n) is 2.85.